The van der Waals surface area contributed by atoms with E-state index in [2.05, 4.69) is 15.9 Å². The van der Waals surface area contributed by atoms with Gasteiger partial charge in [-0.1, -0.05) is 35.7 Å². The lowest BCUT2D eigenvalue weighted by atomic mass is 10.0. The summed E-state index contributed by atoms with van der Waals surface area (Å²) < 4.78 is 0. The lowest BCUT2D eigenvalue weighted by Crippen LogP contribution is -2.20. The number of carbonyl (C=O) groups is 1. The molecule has 0 aliphatic heterocycles. The molecule has 0 aliphatic carbocycles. The van der Waals surface area contributed by atoms with Crippen molar-refractivity contribution in [1.82, 2.24) is 0 Å². The largest absolute Gasteiger partial charge is 0.369 e. The molecule has 0 saturated carbocycles. The first-order chi connectivity index (χ1) is 5.18. The molecule has 0 aliphatic rings. The minimum atomic E-state index is -0.177. The van der Waals surface area contributed by atoms with Crippen LogP contribution in [0.25, 0.3) is 0 Å². The van der Waals surface area contributed by atoms with Gasteiger partial charge in [-0.2, -0.15) is 0 Å². The average Bonchev–Trinajstić information content (AvgIpc) is 1.97. The lowest BCUT2D eigenvalue weighted by Gasteiger charge is -2.04. The molecule has 0 bridgehead atoms. The minimum Gasteiger partial charge on any atom is -0.369 e. The summed E-state index contributed by atoms with van der Waals surface area (Å²) in [5.74, 6) is -0.130. The van der Waals surface area contributed by atoms with Gasteiger partial charge in [0, 0.05) is 11.2 Å². The number of carbonyl (C=O) groups excluding carboxylic acids is 1. The number of hydrogen-bond acceptors (Lipinski definition) is 1. The number of primary amides is 1. The third-order valence-electron chi connectivity index (χ3n) is 1.76. The fourth-order valence-corrected chi connectivity index (χ4v) is 1.26. The topological polar surface area (TPSA) is 43.1 Å². The van der Waals surface area contributed by atoms with E-state index < -0.39 is 0 Å². The van der Waals surface area contributed by atoms with Gasteiger partial charge in [0.05, 0.1) is 0 Å². The molecule has 0 rings (SSSR count). The Kier molecular flexibility index (Phi) is 6.62. The van der Waals surface area contributed by atoms with Crippen LogP contribution in [0.15, 0.2) is 0 Å². The van der Waals surface area contributed by atoms with Crippen molar-refractivity contribution >= 4 is 21.8 Å². The number of halogens is 1. The first-order valence-corrected chi connectivity index (χ1v) is 5.16. The molecule has 0 heterocycles. The zero-order chi connectivity index (χ0) is 8.69. The van der Waals surface area contributed by atoms with E-state index in [-0.39, 0.29) is 11.8 Å². The highest BCUT2D eigenvalue weighted by atomic mass is 79.9. The average molecular weight is 222 g/mol. The van der Waals surface area contributed by atoms with Gasteiger partial charge in [-0.15, -0.1) is 0 Å². The van der Waals surface area contributed by atoms with Crippen LogP contribution in [-0.2, 0) is 4.79 Å². The number of alkyl halides is 1. The molecule has 1 atom stereocenters. The zero-order valence-electron chi connectivity index (χ0n) is 6.98. The Morgan fingerprint density at radius 1 is 1.45 bits per heavy atom. The standard InChI is InChI=1S/C8H16BrNO/c1-7(8(10)11)5-3-2-4-6-9/h7H,2-6H2,1H3,(H2,10,11). The highest BCUT2D eigenvalue weighted by Gasteiger charge is 2.06. The van der Waals surface area contributed by atoms with E-state index in [0.717, 1.165) is 18.2 Å². The van der Waals surface area contributed by atoms with Gasteiger partial charge in [0.2, 0.25) is 5.91 Å². The van der Waals surface area contributed by atoms with Crippen molar-refractivity contribution in [3.05, 3.63) is 0 Å². The molecule has 2 nitrogen and oxygen atoms in total. The molecule has 1 amide bonds. The van der Waals surface area contributed by atoms with Crippen LogP contribution in [0, 0.1) is 5.92 Å². The van der Waals surface area contributed by atoms with Crippen LogP contribution < -0.4 is 5.73 Å². The molecule has 66 valence electrons. The van der Waals surface area contributed by atoms with Crippen molar-refractivity contribution in [3.63, 3.8) is 0 Å². The highest BCUT2D eigenvalue weighted by molar-refractivity contribution is 9.09. The van der Waals surface area contributed by atoms with Crippen molar-refractivity contribution < 1.29 is 4.79 Å². The maximum atomic E-state index is 10.6. The lowest BCUT2D eigenvalue weighted by molar-refractivity contribution is -0.121. The van der Waals surface area contributed by atoms with E-state index in [9.17, 15) is 4.79 Å². The minimum absolute atomic E-state index is 0.0466. The Labute approximate surface area is 76.7 Å². The summed E-state index contributed by atoms with van der Waals surface area (Å²) in [6.45, 7) is 1.89. The van der Waals surface area contributed by atoms with Crippen LogP contribution in [0.2, 0.25) is 0 Å². The number of amides is 1. The third kappa shape index (κ3) is 6.35. The first-order valence-electron chi connectivity index (χ1n) is 4.03. The van der Waals surface area contributed by atoms with Crippen LogP contribution in [0.1, 0.15) is 32.6 Å². The summed E-state index contributed by atoms with van der Waals surface area (Å²) in [6.07, 6.45) is 4.41. The molecule has 0 aromatic rings. The van der Waals surface area contributed by atoms with Gasteiger partial charge in [0.15, 0.2) is 0 Å². The predicted octanol–water partition coefficient (Wildman–Crippen LogP) is 2.06. The molecule has 0 spiro atoms. The quantitative estimate of drug-likeness (QED) is 0.542. The maximum Gasteiger partial charge on any atom is 0.220 e. The number of unbranched alkanes of at least 4 members (excludes halogenated alkanes) is 2. The zero-order valence-corrected chi connectivity index (χ0v) is 8.56. The Morgan fingerprint density at radius 3 is 2.55 bits per heavy atom. The maximum absolute atomic E-state index is 10.6. The van der Waals surface area contributed by atoms with Crippen molar-refractivity contribution in [1.29, 1.82) is 0 Å². The van der Waals surface area contributed by atoms with E-state index in [4.69, 9.17) is 5.73 Å². The van der Waals surface area contributed by atoms with Crippen molar-refractivity contribution in [2.24, 2.45) is 11.7 Å². The molecule has 11 heavy (non-hydrogen) atoms. The summed E-state index contributed by atoms with van der Waals surface area (Å²) in [5, 5.41) is 1.05. The molecule has 1 unspecified atom stereocenters. The third-order valence-corrected chi connectivity index (χ3v) is 2.32. The first kappa shape index (κ1) is 11.0. The van der Waals surface area contributed by atoms with Gasteiger partial charge in [-0.3, -0.25) is 4.79 Å². The van der Waals surface area contributed by atoms with Crippen molar-refractivity contribution in [3.8, 4) is 0 Å². The normalized spacial score (nSPS) is 12.9. The van der Waals surface area contributed by atoms with Gasteiger partial charge < -0.3 is 5.73 Å². The second-order valence-corrected chi connectivity index (χ2v) is 3.63. The molecule has 3 heteroatoms. The van der Waals surface area contributed by atoms with Gasteiger partial charge in [-0.25, -0.2) is 0 Å². The van der Waals surface area contributed by atoms with Crippen molar-refractivity contribution in [2.75, 3.05) is 5.33 Å². The van der Waals surface area contributed by atoms with Crippen LogP contribution in [-0.4, -0.2) is 11.2 Å². The highest BCUT2D eigenvalue weighted by Crippen LogP contribution is 2.09. The Balaban J connectivity index is 3.17. The van der Waals surface area contributed by atoms with E-state index in [1.807, 2.05) is 6.92 Å². The van der Waals surface area contributed by atoms with Crippen LogP contribution in [0.4, 0.5) is 0 Å². The van der Waals surface area contributed by atoms with Gasteiger partial charge in [-0.05, 0) is 12.8 Å². The monoisotopic (exact) mass is 221 g/mol. The fourth-order valence-electron chi connectivity index (χ4n) is 0.864. The van der Waals surface area contributed by atoms with Gasteiger partial charge in [0.25, 0.3) is 0 Å². The smallest absolute Gasteiger partial charge is 0.220 e. The fraction of sp³-hybridized carbons (Fsp3) is 0.875. The molecule has 0 aromatic heterocycles. The predicted molar refractivity (Wildman–Crippen MR) is 50.6 cm³/mol. The van der Waals surface area contributed by atoms with E-state index in [1.54, 1.807) is 0 Å². The van der Waals surface area contributed by atoms with Crippen LogP contribution in [0.3, 0.4) is 0 Å². The number of nitrogens with two attached hydrogens (primary N) is 1. The summed E-state index contributed by atoms with van der Waals surface area (Å²) in [6, 6.07) is 0. The summed E-state index contributed by atoms with van der Waals surface area (Å²) >= 11 is 3.35. The van der Waals surface area contributed by atoms with Crippen LogP contribution >= 0.6 is 15.9 Å². The molecule has 0 aromatic carbocycles. The Hall–Kier alpha value is -0.0500. The summed E-state index contributed by atoms with van der Waals surface area (Å²) in [4.78, 5) is 10.6. The van der Waals surface area contributed by atoms with Gasteiger partial charge >= 0.3 is 0 Å². The SMILES string of the molecule is CC(CCCCCBr)C(N)=O. The molecule has 0 saturated heterocycles. The number of hydrogen-bond donors (Lipinski definition) is 1. The van der Waals surface area contributed by atoms with Gasteiger partial charge in [0.1, 0.15) is 0 Å². The molecule has 0 fully saturated rings. The van der Waals surface area contributed by atoms with E-state index in [0.29, 0.717) is 0 Å². The van der Waals surface area contributed by atoms with E-state index in [1.165, 1.54) is 12.8 Å². The summed E-state index contributed by atoms with van der Waals surface area (Å²) in [7, 11) is 0. The van der Waals surface area contributed by atoms with Crippen molar-refractivity contribution in [2.45, 2.75) is 32.6 Å². The van der Waals surface area contributed by atoms with Crippen LogP contribution in [0.5, 0.6) is 0 Å². The second-order valence-electron chi connectivity index (χ2n) is 2.84. The molecule has 0 radical (unpaired) electrons. The van der Waals surface area contributed by atoms with E-state index >= 15 is 0 Å². The Morgan fingerprint density at radius 2 is 2.09 bits per heavy atom. The Bertz CT molecular complexity index is 117. The second kappa shape index (κ2) is 6.65. The number of rotatable bonds is 6. The summed E-state index contributed by atoms with van der Waals surface area (Å²) in [5.41, 5.74) is 5.10. The molecular formula is C8H16BrNO. The molecule has 2 N–H and O–H groups in total. The molecular weight excluding hydrogens is 206 g/mol.